The van der Waals surface area contributed by atoms with Gasteiger partial charge in [-0.2, -0.15) is 0 Å². The average molecular weight is 754 g/mol. The number of rotatable bonds is 6. The molecule has 2 aromatic rings. The summed E-state index contributed by atoms with van der Waals surface area (Å²) in [5, 5.41) is 19.6. The molecule has 5 fully saturated rings. The van der Waals surface area contributed by atoms with E-state index in [1.54, 1.807) is 0 Å². The number of ether oxygens (including phenoxy) is 1. The van der Waals surface area contributed by atoms with Gasteiger partial charge in [0.1, 0.15) is 5.69 Å². The highest BCUT2D eigenvalue weighted by atomic mass is 127. The lowest BCUT2D eigenvalue weighted by Gasteiger charge is -2.72. The minimum absolute atomic E-state index is 0.0513. The molecule has 1 aromatic heterocycles. The van der Waals surface area contributed by atoms with Crippen molar-refractivity contribution in [3.8, 4) is 5.69 Å². The first-order valence-electron chi connectivity index (χ1n) is 18.3. The first-order valence-corrected chi connectivity index (χ1v) is 19.3. The summed E-state index contributed by atoms with van der Waals surface area (Å²) in [6, 6.07) is 6.39. The third-order valence-electron chi connectivity index (χ3n) is 15.8. The molecule has 0 bridgehead atoms. The van der Waals surface area contributed by atoms with Crippen LogP contribution in [0.4, 0.5) is 0 Å². The van der Waals surface area contributed by atoms with E-state index in [2.05, 4.69) is 106 Å². The largest absolute Gasteiger partial charge is 0.481 e. The van der Waals surface area contributed by atoms with E-state index in [1.165, 1.54) is 46.8 Å². The molecule has 1 heterocycles. The molecule has 47 heavy (non-hydrogen) atoms. The van der Waals surface area contributed by atoms with Crippen LogP contribution in [0.25, 0.3) is 5.69 Å². The minimum atomic E-state index is -0.556. The van der Waals surface area contributed by atoms with Crippen molar-refractivity contribution in [3.05, 3.63) is 51.4 Å². The quantitative estimate of drug-likeness (QED) is 0.235. The minimum Gasteiger partial charge on any atom is -0.481 e. The van der Waals surface area contributed by atoms with Crippen molar-refractivity contribution < 1.29 is 14.6 Å². The molecule has 0 unspecified atom stereocenters. The van der Waals surface area contributed by atoms with Crippen molar-refractivity contribution in [2.24, 2.45) is 56.7 Å². The number of aromatic nitrogens is 3. The molecule has 0 saturated heterocycles. The van der Waals surface area contributed by atoms with Gasteiger partial charge in [0.2, 0.25) is 0 Å². The Kier molecular flexibility index (Phi) is 8.18. The van der Waals surface area contributed by atoms with Gasteiger partial charge in [0, 0.05) is 3.57 Å². The summed E-state index contributed by atoms with van der Waals surface area (Å²) in [5.41, 5.74) is 4.44. The van der Waals surface area contributed by atoms with Crippen LogP contribution in [0, 0.1) is 67.2 Å². The molecule has 7 rings (SSSR count). The maximum Gasteiger partial charge on any atom is 0.309 e. The Morgan fingerprint density at radius 1 is 1.00 bits per heavy atom. The number of carbonyl (C=O) groups is 1. The van der Waals surface area contributed by atoms with Gasteiger partial charge in [-0.05, 0) is 170 Å². The Labute approximate surface area is 296 Å². The van der Waals surface area contributed by atoms with E-state index < -0.39 is 11.4 Å². The van der Waals surface area contributed by atoms with E-state index in [4.69, 9.17) is 4.74 Å². The van der Waals surface area contributed by atoms with Crippen molar-refractivity contribution in [2.45, 2.75) is 125 Å². The van der Waals surface area contributed by atoms with E-state index >= 15 is 0 Å². The van der Waals surface area contributed by atoms with Gasteiger partial charge < -0.3 is 9.84 Å². The van der Waals surface area contributed by atoms with Crippen LogP contribution >= 0.6 is 22.6 Å². The first-order chi connectivity index (χ1) is 22.1. The van der Waals surface area contributed by atoms with Crippen LogP contribution in [-0.2, 0) is 16.1 Å². The van der Waals surface area contributed by atoms with Crippen LogP contribution in [0.2, 0.25) is 0 Å². The SMILES string of the molecule is C=C(C)[C@@H]1CC[C@]2(C(=O)O)CC[C@]3(C)[C@H](CC[C@@H]4[C@@]5(C)CC[C@H](OCc6cn(-c7cc(I)ccc7C)nn6)C(C)(C)[C@@H]5CC[C@]43C)[C@@H]12. The number of allylic oxidation sites excluding steroid dienone is 1. The van der Waals surface area contributed by atoms with Crippen LogP contribution in [0.5, 0.6) is 0 Å². The highest BCUT2D eigenvalue weighted by Gasteiger charge is 2.72. The number of carboxylic acids is 1. The van der Waals surface area contributed by atoms with Gasteiger partial charge in [0.25, 0.3) is 0 Å². The van der Waals surface area contributed by atoms with Crippen molar-refractivity contribution in [1.29, 1.82) is 0 Å². The highest BCUT2D eigenvalue weighted by molar-refractivity contribution is 14.1. The summed E-state index contributed by atoms with van der Waals surface area (Å²) in [6.45, 7) is 22.0. The lowest BCUT2D eigenvalue weighted by atomic mass is 9.32. The highest BCUT2D eigenvalue weighted by Crippen LogP contribution is 2.77. The molecule has 0 spiro atoms. The summed E-state index contributed by atoms with van der Waals surface area (Å²) in [4.78, 5) is 13.0. The smallest absolute Gasteiger partial charge is 0.309 e. The van der Waals surface area contributed by atoms with Gasteiger partial charge in [-0.1, -0.05) is 58.1 Å². The zero-order chi connectivity index (χ0) is 33.7. The Morgan fingerprint density at radius 3 is 2.49 bits per heavy atom. The predicted octanol–water partition coefficient (Wildman–Crippen LogP) is 9.81. The summed E-state index contributed by atoms with van der Waals surface area (Å²) in [7, 11) is 0. The van der Waals surface area contributed by atoms with E-state index in [0.29, 0.717) is 30.3 Å². The lowest BCUT2D eigenvalue weighted by Crippen LogP contribution is -2.67. The number of nitrogens with zero attached hydrogens (tertiary/aromatic N) is 3. The standard InChI is InChI=1S/C40H56IN3O3/c1-24(2)28-13-18-40(35(45)46)20-19-38(7)29(34(28)40)11-12-32-37(6)16-15-33(36(4,5)31(37)14-17-39(32,38)8)47-23-27-22-44(43-42-27)30-21-26(41)10-9-25(30)3/h9-10,21-22,28-29,31-34H,1,11-20,23H2,2-8H3,(H,45,46)/t28-,29+,31-,32+,33-,34+,37-,38+,39+,40-/m0/s1. The number of benzene rings is 1. The molecule has 7 heteroatoms. The second-order valence-corrected chi connectivity index (χ2v) is 19.1. The lowest BCUT2D eigenvalue weighted by molar-refractivity contribution is -0.252. The molecular weight excluding hydrogens is 697 g/mol. The Hall–Kier alpha value is -1.74. The van der Waals surface area contributed by atoms with E-state index in [1.807, 2.05) is 10.9 Å². The number of hydrogen-bond acceptors (Lipinski definition) is 4. The second kappa shape index (κ2) is 11.4. The number of aryl methyl sites for hydroxylation is 1. The van der Waals surface area contributed by atoms with Gasteiger partial charge in [0.05, 0.1) is 30.0 Å². The van der Waals surface area contributed by atoms with Crippen LogP contribution in [0.1, 0.15) is 117 Å². The average Bonchev–Trinajstić information content (AvgIpc) is 3.64. The van der Waals surface area contributed by atoms with Gasteiger partial charge >= 0.3 is 5.97 Å². The van der Waals surface area contributed by atoms with Crippen molar-refractivity contribution in [1.82, 2.24) is 15.0 Å². The van der Waals surface area contributed by atoms with Crippen LogP contribution in [0.15, 0.2) is 36.5 Å². The number of fused-ring (bicyclic) bond motifs is 7. The Bertz CT molecular complexity index is 1580. The van der Waals surface area contributed by atoms with Crippen molar-refractivity contribution >= 4 is 28.6 Å². The van der Waals surface area contributed by atoms with Gasteiger partial charge in [-0.3, -0.25) is 4.79 Å². The van der Waals surface area contributed by atoms with Gasteiger partial charge in [-0.25, -0.2) is 4.68 Å². The van der Waals surface area contributed by atoms with E-state index in [9.17, 15) is 9.90 Å². The topological polar surface area (TPSA) is 77.2 Å². The summed E-state index contributed by atoms with van der Waals surface area (Å²) >= 11 is 2.34. The summed E-state index contributed by atoms with van der Waals surface area (Å²) in [6.07, 6.45) is 13.0. The third kappa shape index (κ3) is 4.80. The third-order valence-corrected chi connectivity index (χ3v) is 16.5. The molecule has 256 valence electrons. The van der Waals surface area contributed by atoms with Crippen LogP contribution < -0.4 is 0 Å². The molecule has 1 N–H and O–H groups in total. The van der Waals surface area contributed by atoms with Gasteiger partial charge in [-0.15, -0.1) is 5.10 Å². The zero-order valence-corrected chi connectivity index (χ0v) is 31.9. The summed E-state index contributed by atoms with van der Waals surface area (Å²) in [5.74, 6) is 1.73. The maximum atomic E-state index is 13.0. The molecule has 10 atom stereocenters. The number of aliphatic carboxylic acids is 1. The fourth-order valence-corrected chi connectivity index (χ4v) is 13.8. The fourth-order valence-electron chi connectivity index (χ4n) is 13.3. The van der Waals surface area contributed by atoms with E-state index in [-0.39, 0.29) is 33.7 Å². The maximum absolute atomic E-state index is 13.0. The molecule has 5 aliphatic carbocycles. The number of halogens is 1. The zero-order valence-electron chi connectivity index (χ0n) is 29.7. The normalized spacial score (nSPS) is 42.1. The van der Waals surface area contributed by atoms with Crippen molar-refractivity contribution in [2.75, 3.05) is 0 Å². The molecule has 1 aromatic carbocycles. The van der Waals surface area contributed by atoms with E-state index in [0.717, 1.165) is 43.5 Å². The Balaban J connectivity index is 1.11. The van der Waals surface area contributed by atoms with Gasteiger partial charge in [0.15, 0.2) is 0 Å². The molecule has 6 nitrogen and oxygen atoms in total. The molecule has 5 aliphatic rings. The van der Waals surface area contributed by atoms with Crippen molar-refractivity contribution in [3.63, 3.8) is 0 Å². The molecular formula is C40H56IN3O3. The molecule has 0 amide bonds. The fraction of sp³-hybridized carbons (Fsp3) is 0.725. The number of carboxylic acid groups (broad SMARTS) is 1. The molecule has 5 saturated carbocycles. The molecule has 0 radical (unpaired) electrons. The summed E-state index contributed by atoms with van der Waals surface area (Å²) < 4.78 is 9.85. The monoisotopic (exact) mass is 753 g/mol. The predicted molar refractivity (Wildman–Crippen MR) is 194 cm³/mol. The second-order valence-electron chi connectivity index (χ2n) is 17.9. The first kappa shape index (κ1) is 33.7. The number of hydrogen-bond donors (Lipinski definition) is 1. The molecule has 0 aliphatic heterocycles. The van der Waals surface area contributed by atoms with Crippen LogP contribution in [-0.4, -0.2) is 32.2 Å². The van der Waals surface area contributed by atoms with Crippen LogP contribution in [0.3, 0.4) is 0 Å². The Morgan fingerprint density at radius 2 is 1.77 bits per heavy atom.